The van der Waals surface area contributed by atoms with Crippen molar-refractivity contribution in [1.29, 1.82) is 0 Å². The minimum atomic E-state index is -0.432. The standard InChI is InChI=1S/C23H29N3O3/c1-4-29-22(27)19-10-5-7-11-20(19)24-23(28)26-15-13-25(14-16-26)21-12-8-6-9-18(21)17(2)3/h5-12,17H,4,13-16H2,1-3H3,(H,24,28). The topological polar surface area (TPSA) is 61.9 Å². The van der Waals surface area contributed by atoms with Crippen LogP contribution in [0.5, 0.6) is 0 Å². The average Bonchev–Trinajstić information content (AvgIpc) is 2.74. The van der Waals surface area contributed by atoms with E-state index in [0.717, 1.165) is 13.1 Å². The zero-order valence-corrected chi connectivity index (χ0v) is 17.4. The highest BCUT2D eigenvalue weighted by Gasteiger charge is 2.24. The number of nitrogens with one attached hydrogen (secondary N) is 1. The molecule has 1 aliphatic heterocycles. The van der Waals surface area contributed by atoms with Crippen LogP contribution < -0.4 is 10.2 Å². The molecule has 2 aromatic carbocycles. The van der Waals surface area contributed by atoms with Crippen LogP contribution in [-0.2, 0) is 4.74 Å². The van der Waals surface area contributed by atoms with E-state index in [1.165, 1.54) is 11.3 Å². The van der Waals surface area contributed by atoms with E-state index in [1.54, 1.807) is 36.1 Å². The molecule has 1 saturated heterocycles. The van der Waals surface area contributed by atoms with Crippen molar-refractivity contribution in [1.82, 2.24) is 4.90 Å². The third-order valence-corrected chi connectivity index (χ3v) is 5.13. The number of ether oxygens (including phenoxy) is 1. The van der Waals surface area contributed by atoms with Crippen molar-refractivity contribution in [2.75, 3.05) is 43.0 Å². The molecule has 3 rings (SSSR count). The van der Waals surface area contributed by atoms with Crippen molar-refractivity contribution in [3.63, 3.8) is 0 Å². The van der Waals surface area contributed by atoms with Crippen LogP contribution in [0, 0.1) is 0 Å². The molecule has 0 saturated carbocycles. The summed E-state index contributed by atoms with van der Waals surface area (Å²) in [5, 5.41) is 2.87. The van der Waals surface area contributed by atoms with E-state index in [9.17, 15) is 9.59 Å². The van der Waals surface area contributed by atoms with Gasteiger partial charge in [-0.2, -0.15) is 0 Å². The summed E-state index contributed by atoms with van der Waals surface area (Å²) in [6.45, 7) is 9.25. The van der Waals surface area contributed by atoms with Crippen LogP contribution in [0.3, 0.4) is 0 Å². The molecule has 1 N–H and O–H groups in total. The quantitative estimate of drug-likeness (QED) is 0.765. The molecule has 1 heterocycles. The molecule has 29 heavy (non-hydrogen) atoms. The van der Waals surface area contributed by atoms with Gasteiger partial charge < -0.3 is 19.9 Å². The van der Waals surface area contributed by atoms with Crippen LogP contribution in [0.15, 0.2) is 48.5 Å². The monoisotopic (exact) mass is 395 g/mol. The SMILES string of the molecule is CCOC(=O)c1ccccc1NC(=O)N1CCN(c2ccccc2C(C)C)CC1. The van der Waals surface area contributed by atoms with Crippen LogP contribution in [-0.4, -0.2) is 49.7 Å². The van der Waals surface area contributed by atoms with Crippen LogP contribution in [0.25, 0.3) is 0 Å². The molecule has 1 fully saturated rings. The Morgan fingerprint density at radius 2 is 1.66 bits per heavy atom. The third kappa shape index (κ3) is 4.88. The van der Waals surface area contributed by atoms with E-state index in [0.29, 0.717) is 36.9 Å². The fourth-order valence-electron chi connectivity index (χ4n) is 3.59. The van der Waals surface area contributed by atoms with Gasteiger partial charge in [-0.3, -0.25) is 0 Å². The van der Waals surface area contributed by atoms with E-state index in [4.69, 9.17) is 4.74 Å². The number of carbonyl (C=O) groups is 2. The molecule has 6 heteroatoms. The number of piperazine rings is 1. The summed E-state index contributed by atoms with van der Waals surface area (Å²) < 4.78 is 5.08. The van der Waals surface area contributed by atoms with Gasteiger partial charge in [-0.05, 0) is 36.6 Å². The smallest absolute Gasteiger partial charge is 0.340 e. The molecular formula is C23H29N3O3. The third-order valence-electron chi connectivity index (χ3n) is 5.13. The number of benzene rings is 2. The predicted octanol–water partition coefficient (Wildman–Crippen LogP) is 4.34. The molecule has 1 aliphatic rings. The van der Waals surface area contributed by atoms with Crippen molar-refractivity contribution in [2.45, 2.75) is 26.7 Å². The first-order chi connectivity index (χ1) is 14.0. The Morgan fingerprint density at radius 3 is 2.34 bits per heavy atom. The number of esters is 1. The lowest BCUT2D eigenvalue weighted by molar-refractivity contribution is 0.0527. The van der Waals surface area contributed by atoms with Gasteiger partial charge in [-0.1, -0.05) is 44.2 Å². The Morgan fingerprint density at radius 1 is 1.00 bits per heavy atom. The number of hydrogen-bond acceptors (Lipinski definition) is 4. The van der Waals surface area contributed by atoms with Gasteiger partial charge in [0.1, 0.15) is 0 Å². The van der Waals surface area contributed by atoms with Crippen molar-refractivity contribution in [3.8, 4) is 0 Å². The Balaban J connectivity index is 1.64. The second kappa shape index (κ2) is 9.45. The summed E-state index contributed by atoms with van der Waals surface area (Å²) in [4.78, 5) is 29.0. The highest BCUT2D eigenvalue weighted by Crippen LogP contribution is 2.28. The van der Waals surface area contributed by atoms with Gasteiger partial charge in [0, 0.05) is 31.9 Å². The number of nitrogens with zero attached hydrogens (tertiary/aromatic N) is 2. The fourth-order valence-corrected chi connectivity index (χ4v) is 3.59. The minimum Gasteiger partial charge on any atom is -0.462 e. The number of para-hydroxylation sites is 2. The summed E-state index contributed by atoms with van der Waals surface area (Å²) >= 11 is 0. The number of carbonyl (C=O) groups excluding carboxylic acids is 2. The lowest BCUT2D eigenvalue weighted by atomic mass is 10.00. The van der Waals surface area contributed by atoms with Crippen LogP contribution in [0.1, 0.15) is 42.6 Å². The van der Waals surface area contributed by atoms with Gasteiger partial charge in [0.25, 0.3) is 0 Å². The van der Waals surface area contributed by atoms with Crippen molar-refractivity contribution >= 4 is 23.4 Å². The van der Waals surface area contributed by atoms with Crippen molar-refractivity contribution in [2.24, 2.45) is 0 Å². The summed E-state index contributed by atoms with van der Waals surface area (Å²) in [6, 6.07) is 15.2. The Hall–Kier alpha value is -3.02. The predicted molar refractivity (Wildman–Crippen MR) is 116 cm³/mol. The molecule has 0 aromatic heterocycles. The van der Waals surface area contributed by atoms with Gasteiger partial charge in [-0.25, -0.2) is 9.59 Å². The van der Waals surface area contributed by atoms with Crippen LogP contribution in [0.2, 0.25) is 0 Å². The molecule has 2 amide bonds. The summed E-state index contributed by atoms with van der Waals surface area (Å²) in [7, 11) is 0. The number of amides is 2. The lowest BCUT2D eigenvalue weighted by Crippen LogP contribution is -2.50. The zero-order chi connectivity index (χ0) is 20.8. The molecule has 0 atom stereocenters. The van der Waals surface area contributed by atoms with Gasteiger partial charge in [0.05, 0.1) is 17.9 Å². The second-order valence-electron chi connectivity index (χ2n) is 7.38. The molecule has 154 valence electrons. The van der Waals surface area contributed by atoms with E-state index >= 15 is 0 Å². The summed E-state index contributed by atoms with van der Waals surface area (Å²) in [6.07, 6.45) is 0. The van der Waals surface area contributed by atoms with Gasteiger partial charge >= 0.3 is 12.0 Å². The van der Waals surface area contributed by atoms with E-state index in [2.05, 4.69) is 48.3 Å². The second-order valence-corrected chi connectivity index (χ2v) is 7.38. The normalized spacial score (nSPS) is 14.1. The number of urea groups is 1. The number of anilines is 2. The Labute approximate surface area is 172 Å². The van der Waals surface area contributed by atoms with Crippen LogP contribution in [0.4, 0.5) is 16.2 Å². The Kier molecular flexibility index (Phi) is 6.75. The first-order valence-electron chi connectivity index (χ1n) is 10.2. The molecule has 0 unspecified atom stereocenters. The van der Waals surface area contributed by atoms with E-state index in [1.807, 2.05) is 0 Å². The van der Waals surface area contributed by atoms with E-state index in [-0.39, 0.29) is 6.03 Å². The van der Waals surface area contributed by atoms with Crippen molar-refractivity contribution < 1.29 is 14.3 Å². The van der Waals surface area contributed by atoms with Gasteiger partial charge in [0.15, 0.2) is 0 Å². The highest BCUT2D eigenvalue weighted by atomic mass is 16.5. The molecule has 0 radical (unpaired) electrons. The number of hydrogen-bond donors (Lipinski definition) is 1. The van der Waals surface area contributed by atoms with Crippen LogP contribution >= 0.6 is 0 Å². The molecular weight excluding hydrogens is 366 g/mol. The first-order valence-corrected chi connectivity index (χ1v) is 10.2. The molecule has 2 aromatic rings. The largest absolute Gasteiger partial charge is 0.462 e. The van der Waals surface area contributed by atoms with Gasteiger partial charge in [-0.15, -0.1) is 0 Å². The molecule has 0 spiro atoms. The van der Waals surface area contributed by atoms with E-state index < -0.39 is 5.97 Å². The molecule has 0 aliphatic carbocycles. The summed E-state index contributed by atoms with van der Waals surface area (Å²) in [5.41, 5.74) is 3.42. The Bertz CT molecular complexity index is 858. The number of rotatable bonds is 5. The average molecular weight is 396 g/mol. The fraction of sp³-hybridized carbons (Fsp3) is 0.391. The van der Waals surface area contributed by atoms with Crippen molar-refractivity contribution in [3.05, 3.63) is 59.7 Å². The molecule has 6 nitrogen and oxygen atoms in total. The lowest BCUT2D eigenvalue weighted by Gasteiger charge is -2.37. The van der Waals surface area contributed by atoms with Gasteiger partial charge in [0.2, 0.25) is 0 Å². The summed E-state index contributed by atoms with van der Waals surface area (Å²) in [5.74, 6) is 0.0189. The zero-order valence-electron chi connectivity index (χ0n) is 17.4. The maximum absolute atomic E-state index is 12.8. The maximum atomic E-state index is 12.8. The molecule has 0 bridgehead atoms. The highest BCUT2D eigenvalue weighted by molar-refractivity contribution is 6.00. The minimum absolute atomic E-state index is 0.196. The maximum Gasteiger partial charge on any atom is 0.340 e. The first kappa shape index (κ1) is 20.7.